The highest BCUT2D eigenvalue weighted by atomic mass is 32.2. The zero-order chi connectivity index (χ0) is 22.9. The molecule has 0 N–H and O–H groups in total. The highest BCUT2D eigenvalue weighted by Gasteiger charge is 2.32. The summed E-state index contributed by atoms with van der Waals surface area (Å²) >= 11 is 0. The van der Waals surface area contributed by atoms with Crippen molar-refractivity contribution in [2.75, 3.05) is 13.6 Å². The molecule has 3 rings (SSSR count). The fourth-order valence-corrected chi connectivity index (χ4v) is 5.64. The molecule has 0 aliphatic carbocycles. The quantitative estimate of drug-likeness (QED) is 0.665. The lowest BCUT2D eigenvalue weighted by molar-refractivity contribution is 0.0741. The lowest BCUT2D eigenvalue weighted by Crippen LogP contribution is -2.42. The third-order valence-electron chi connectivity index (χ3n) is 6.12. The van der Waals surface area contributed by atoms with Gasteiger partial charge in [0.05, 0.1) is 10.9 Å². The summed E-state index contributed by atoms with van der Waals surface area (Å²) in [5.74, 6) is -2.32. The molecule has 1 heterocycles. The summed E-state index contributed by atoms with van der Waals surface area (Å²) in [6, 6.07) is 7.47. The van der Waals surface area contributed by atoms with Crippen LogP contribution in [-0.4, -0.2) is 43.2 Å². The van der Waals surface area contributed by atoms with Crippen LogP contribution in [0.4, 0.5) is 8.78 Å². The first-order chi connectivity index (χ1) is 14.5. The maximum Gasteiger partial charge on any atom is 0.254 e. The molecule has 2 atom stereocenters. The van der Waals surface area contributed by atoms with Crippen molar-refractivity contribution in [2.24, 2.45) is 0 Å². The van der Waals surface area contributed by atoms with Gasteiger partial charge in [-0.2, -0.15) is 4.31 Å². The van der Waals surface area contributed by atoms with E-state index in [9.17, 15) is 22.0 Å². The molecule has 0 saturated carbocycles. The monoisotopic (exact) mass is 450 g/mol. The minimum atomic E-state index is -3.72. The van der Waals surface area contributed by atoms with Gasteiger partial charge in [0.2, 0.25) is 10.0 Å². The van der Waals surface area contributed by atoms with Gasteiger partial charge in [-0.25, -0.2) is 17.2 Å². The van der Waals surface area contributed by atoms with Crippen molar-refractivity contribution >= 4 is 15.9 Å². The fourth-order valence-electron chi connectivity index (χ4n) is 3.92. The maximum atomic E-state index is 13.6. The van der Waals surface area contributed by atoms with E-state index in [2.05, 4.69) is 0 Å². The van der Waals surface area contributed by atoms with Gasteiger partial charge in [0, 0.05) is 25.2 Å². The van der Waals surface area contributed by atoms with E-state index in [1.54, 1.807) is 27.0 Å². The predicted octanol–water partition coefficient (Wildman–Crippen LogP) is 4.67. The van der Waals surface area contributed by atoms with Crippen molar-refractivity contribution in [1.82, 2.24) is 9.21 Å². The summed E-state index contributed by atoms with van der Waals surface area (Å²) in [5.41, 5.74) is 1.35. The smallest absolute Gasteiger partial charge is 0.254 e. The van der Waals surface area contributed by atoms with Crippen LogP contribution >= 0.6 is 0 Å². The minimum absolute atomic E-state index is 0.0871. The van der Waals surface area contributed by atoms with E-state index in [0.717, 1.165) is 31.4 Å². The average Bonchev–Trinajstić information content (AvgIpc) is 2.74. The lowest BCUT2D eigenvalue weighted by Gasteiger charge is -2.32. The summed E-state index contributed by atoms with van der Waals surface area (Å²) in [6.45, 7) is 5.81. The Morgan fingerprint density at radius 2 is 1.84 bits per heavy atom. The maximum absolute atomic E-state index is 13.6. The number of carbonyl (C=O) groups excluding carboxylic acids is 1. The molecule has 0 radical (unpaired) electrons. The normalized spacial score (nSPS) is 18.6. The molecule has 2 aromatic rings. The van der Waals surface area contributed by atoms with Crippen LogP contribution in [0.15, 0.2) is 41.3 Å². The molecule has 0 aromatic heterocycles. The van der Waals surface area contributed by atoms with Gasteiger partial charge in [0.15, 0.2) is 11.6 Å². The van der Waals surface area contributed by atoms with Gasteiger partial charge in [0.25, 0.3) is 5.91 Å². The topological polar surface area (TPSA) is 57.7 Å². The molecular formula is C23H28F2N2O3S. The van der Waals surface area contributed by atoms with Crippen molar-refractivity contribution in [1.29, 1.82) is 0 Å². The summed E-state index contributed by atoms with van der Waals surface area (Å²) < 4.78 is 54.8. The van der Waals surface area contributed by atoms with E-state index in [1.807, 2.05) is 6.92 Å². The first kappa shape index (κ1) is 23.3. The number of rotatable bonds is 5. The Morgan fingerprint density at radius 1 is 1.13 bits per heavy atom. The van der Waals surface area contributed by atoms with E-state index < -0.39 is 33.6 Å². The van der Waals surface area contributed by atoms with Crippen molar-refractivity contribution in [3.63, 3.8) is 0 Å². The number of amides is 1. The largest absolute Gasteiger partial charge is 0.335 e. The Balaban J connectivity index is 1.91. The van der Waals surface area contributed by atoms with Crippen molar-refractivity contribution in [3.8, 4) is 0 Å². The molecular weight excluding hydrogens is 422 g/mol. The van der Waals surface area contributed by atoms with Gasteiger partial charge < -0.3 is 4.90 Å². The zero-order valence-electron chi connectivity index (χ0n) is 18.2. The number of aryl methyl sites for hydroxylation is 1. The van der Waals surface area contributed by atoms with E-state index >= 15 is 0 Å². The Bertz CT molecular complexity index is 1090. The summed E-state index contributed by atoms with van der Waals surface area (Å²) in [4.78, 5) is 14.7. The summed E-state index contributed by atoms with van der Waals surface area (Å²) in [6.07, 6.45) is 2.62. The number of hydrogen-bond acceptors (Lipinski definition) is 3. The number of carbonyl (C=O) groups is 1. The first-order valence-electron chi connectivity index (χ1n) is 10.4. The van der Waals surface area contributed by atoms with Crippen LogP contribution in [0.25, 0.3) is 0 Å². The van der Waals surface area contributed by atoms with Crippen LogP contribution in [0.3, 0.4) is 0 Å². The van der Waals surface area contributed by atoms with Gasteiger partial charge in [-0.15, -0.1) is 0 Å². The Hall–Kier alpha value is -2.32. The molecule has 31 heavy (non-hydrogen) atoms. The van der Waals surface area contributed by atoms with Crippen LogP contribution in [-0.2, 0) is 10.0 Å². The zero-order valence-corrected chi connectivity index (χ0v) is 19.0. The first-order valence-corrected chi connectivity index (χ1v) is 11.8. The second-order valence-corrected chi connectivity index (χ2v) is 10.1. The molecule has 1 aliphatic rings. The molecule has 168 valence electrons. The van der Waals surface area contributed by atoms with E-state index in [-0.39, 0.29) is 16.5 Å². The van der Waals surface area contributed by atoms with Crippen LogP contribution in [0.1, 0.15) is 60.6 Å². The predicted molar refractivity (Wildman–Crippen MR) is 115 cm³/mol. The molecule has 0 bridgehead atoms. The van der Waals surface area contributed by atoms with Crippen LogP contribution in [0.5, 0.6) is 0 Å². The highest BCUT2D eigenvalue weighted by molar-refractivity contribution is 7.89. The number of sulfonamides is 1. The van der Waals surface area contributed by atoms with Gasteiger partial charge in [-0.3, -0.25) is 4.79 Å². The number of nitrogens with zero attached hydrogens (tertiary/aromatic N) is 2. The van der Waals surface area contributed by atoms with E-state index in [1.165, 1.54) is 27.4 Å². The molecule has 1 fully saturated rings. The van der Waals surface area contributed by atoms with Crippen molar-refractivity contribution < 1.29 is 22.0 Å². The van der Waals surface area contributed by atoms with Crippen molar-refractivity contribution in [3.05, 3.63) is 64.7 Å². The van der Waals surface area contributed by atoms with E-state index in [4.69, 9.17) is 0 Å². The second-order valence-electron chi connectivity index (χ2n) is 8.20. The molecule has 5 nitrogen and oxygen atoms in total. The molecule has 2 aromatic carbocycles. The Labute approximate surface area is 182 Å². The number of hydrogen-bond donors (Lipinski definition) is 0. The highest BCUT2D eigenvalue weighted by Crippen LogP contribution is 2.28. The molecule has 1 aliphatic heterocycles. The van der Waals surface area contributed by atoms with Gasteiger partial charge in [-0.05, 0) is 69.0 Å². The number of halogens is 2. The standard InChI is InChI=1S/C23H28F2N2O3S/c1-15-8-10-19(31(29,30)27-12-6-5-7-16(27)2)14-20(15)23(28)26(4)17(3)18-9-11-21(24)22(25)13-18/h8-11,13-14,16-17H,5-7,12H2,1-4H3. The van der Waals surface area contributed by atoms with Gasteiger partial charge >= 0.3 is 0 Å². The number of benzene rings is 2. The lowest BCUT2D eigenvalue weighted by atomic mass is 10.0. The Kier molecular flexibility index (Phi) is 6.81. The molecule has 2 unspecified atom stereocenters. The summed E-state index contributed by atoms with van der Waals surface area (Å²) in [5, 5.41) is 0. The molecule has 1 amide bonds. The van der Waals surface area contributed by atoms with Crippen molar-refractivity contribution in [2.45, 2.75) is 57.0 Å². The molecule has 0 spiro atoms. The van der Waals surface area contributed by atoms with Gasteiger partial charge in [-0.1, -0.05) is 18.6 Å². The van der Waals surface area contributed by atoms with E-state index in [0.29, 0.717) is 17.7 Å². The average molecular weight is 451 g/mol. The fraction of sp³-hybridized carbons (Fsp3) is 0.435. The third kappa shape index (κ3) is 4.65. The Morgan fingerprint density at radius 3 is 2.48 bits per heavy atom. The third-order valence-corrected chi connectivity index (χ3v) is 8.12. The second kappa shape index (κ2) is 9.04. The molecule has 8 heteroatoms. The summed E-state index contributed by atoms with van der Waals surface area (Å²) in [7, 11) is -2.16. The minimum Gasteiger partial charge on any atom is -0.335 e. The SMILES string of the molecule is Cc1ccc(S(=O)(=O)N2CCCCC2C)cc1C(=O)N(C)C(C)c1ccc(F)c(F)c1. The van der Waals surface area contributed by atoms with Crippen LogP contribution in [0.2, 0.25) is 0 Å². The van der Waals surface area contributed by atoms with Crippen LogP contribution in [0, 0.1) is 18.6 Å². The van der Waals surface area contributed by atoms with Gasteiger partial charge in [0.1, 0.15) is 0 Å². The molecule has 1 saturated heterocycles. The number of piperidine rings is 1. The van der Waals surface area contributed by atoms with Crippen LogP contribution < -0.4 is 0 Å².